The van der Waals surface area contributed by atoms with E-state index in [1.54, 1.807) is 0 Å². The van der Waals surface area contributed by atoms with Crippen molar-refractivity contribution in [3.63, 3.8) is 0 Å². The molecule has 148 valence electrons. The third kappa shape index (κ3) is 4.45. The van der Waals surface area contributed by atoms with E-state index < -0.39 is 5.60 Å². The van der Waals surface area contributed by atoms with Crippen LogP contribution in [0.15, 0.2) is 11.5 Å². The van der Waals surface area contributed by atoms with Crippen LogP contribution in [0.1, 0.15) is 75.2 Å². The quantitative estimate of drug-likeness (QED) is 0.686. The number of rotatable bonds is 3. The second-order valence-corrected chi connectivity index (χ2v) is 9.63. The van der Waals surface area contributed by atoms with Crippen LogP contribution in [0.2, 0.25) is 0 Å². The Labute approximate surface area is 159 Å². The monoisotopic (exact) mass is 365 g/mol. The molecule has 1 amide bonds. The van der Waals surface area contributed by atoms with Gasteiger partial charge in [-0.05, 0) is 66.3 Å². The van der Waals surface area contributed by atoms with Gasteiger partial charge in [0.1, 0.15) is 5.60 Å². The van der Waals surface area contributed by atoms with Crippen molar-refractivity contribution in [3.05, 3.63) is 11.5 Å². The lowest BCUT2D eigenvalue weighted by Crippen LogP contribution is -2.49. The summed E-state index contributed by atoms with van der Waals surface area (Å²) in [5, 5.41) is 0. The van der Waals surface area contributed by atoms with Gasteiger partial charge >= 0.3 is 13.2 Å². The zero-order valence-corrected chi connectivity index (χ0v) is 18.0. The Hall–Kier alpha value is -1.01. The average molecular weight is 365 g/mol. The Morgan fingerprint density at radius 3 is 2.31 bits per heavy atom. The SMILES string of the molecule is CCC(C)C1C=C(B2OC(C)(C)C(C)(C)O2)CCN1C(=O)OC(C)(C)C. The van der Waals surface area contributed by atoms with Crippen molar-refractivity contribution in [2.24, 2.45) is 5.92 Å². The summed E-state index contributed by atoms with van der Waals surface area (Å²) >= 11 is 0. The van der Waals surface area contributed by atoms with E-state index >= 15 is 0 Å². The van der Waals surface area contributed by atoms with Crippen LogP contribution in [0.4, 0.5) is 4.79 Å². The molecule has 2 unspecified atom stereocenters. The fourth-order valence-corrected chi connectivity index (χ4v) is 3.23. The molecule has 0 aromatic heterocycles. The summed E-state index contributed by atoms with van der Waals surface area (Å²) in [6, 6.07) is -0.00220. The molecule has 2 aliphatic heterocycles. The molecule has 0 radical (unpaired) electrons. The first kappa shape index (κ1) is 21.3. The van der Waals surface area contributed by atoms with E-state index in [0.29, 0.717) is 12.5 Å². The van der Waals surface area contributed by atoms with Crippen LogP contribution in [-0.2, 0) is 14.0 Å². The molecule has 0 bridgehead atoms. The topological polar surface area (TPSA) is 48.0 Å². The van der Waals surface area contributed by atoms with Crippen LogP contribution in [0.25, 0.3) is 0 Å². The summed E-state index contributed by atoms with van der Waals surface area (Å²) < 4.78 is 18.1. The van der Waals surface area contributed by atoms with Gasteiger partial charge in [-0.1, -0.05) is 26.3 Å². The van der Waals surface area contributed by atoms with E-state index in [9.17, 15) is 4.79 Å². The first-order valence-electron chi connectivity index (χ1n) is 9.83. The van der Waals surface area contributed by atoms with Gasteiger partial charge < -0.3 is 18.9 Å². The van der Waals surface area contributed by atoms with Crippen molar-refractivity contribution < 1.29 is 18.8 Å². The van der Waals surface area contributed by atoms with Crippen molar-refractivity contribution in [2.45, 2.75) is 98.0 Å². The Bertz CT molecular complexity index is 549. The number of nitrogens with zero attached hydrogens (tertiary/aromatic N) is 1. The second kappa shape index (κ2) is 7.19. The van der Waals surface area contributed by atoms with E-state index in [0.717, 1.165) is 18.3 Å². The van der Waals surface area contributed by atoms with Gasteiger partial charge in [0.25, 0.3) is 0 Å². The van der Waals surface area contributed by atoms with Gasteiger partial charge in [-0.3, -0.25) is 0 Å². The Kier molecular flexibility index (Phi) is 5.89. The fraction of sp³-hybridized carbons (Fsp3) is 0.850. The highest BCUT2D eigenvalue weighted by Crippen LogP contribution is 2.40. The Morgan fingerprint density at radius 2 is 1.85 bits per heavy atom. The van der Waals surface area contributed by atoms with Crippen LogP contribution in [-0.4, -0.2) is 47.5 Å². The predicted molar refractivity (Wildman–Crippen MR) is 105 cm³/mol. The van der Waals surface area contributed by atoms with Crippen molar-refractivity contribution in [1.82, 2.24) is 4.90 Å². The normalized spacial score (nSPS) is 26.5. The van der Waals surface area contributed by atoms with Gasteiger partial charge in [0.2, 0.25) is 0 Å². The number of ether oxygens (including phenoxy) is 1. The van der Waals surface area contributed by atoms with Crippen LogP contribution in [0.3, 0.4) is 0 Å². The summed E-state index contributed by atoms with van der Waals surface area (Å²) in [5.41, 5.74) is -0.0691. The minimum Gasteiger partial charge on any atom is -0.444 e. The average Bonchev–Trinajstić information content (AvgIpc) is 2.72. The van der Waals surface area contributed by atoms with E-state index in [1.807, 2.05) is 25.7 Å². The number of carbonyl (C=O) groups is 1. The van der Waals surface area contributed by atoms with Gasteiger partial charge in [-0.2, -0.15) is 0 Å². The van der Waals surface area contributed by atoms with Crippen LogP contribution >= 0.6 is 0 Å². The minimum atomic E-state index is -0.493. The zero-order valence-electron chi connectivity index (χ0n) is 18.0. The lowest BCUT2D eigenvalue weighted by atomic mass is 9.72. The predicted octanol–water partition coefficient (Wildman–Crippen LogP) is 4.60. The Morgan fingerprint density at radius 1 is 1.31 bits per heavy atom. The molecule has 0 saturated carbocycles. The number of hydrogen-bond donors (Lipinski definition) is 0. The maximum absolute atomic E-state index is 12.7. The van der Waals surface area contributed by atoms with Gasteiger partial charge in [-0.15, -0.1) is 0 Å². The van der Waals surface area contributed by atoms with Crippen molar-refractivity contribution >= 4 is 13.2 Å². The van der Waals surface area contributed by atoms with Gasteiger partial charge in [0, 0.05) is 6.54 Å². The maximum Gasteiger partial charge on any atom is 0.490 e. The zero-order chi connectivity index (χ0) is 19.9. The third-order valence-corrected chi connectivity index (χ3v) is 5.80. The highest BCUT2D eigenvalue weighted by Gasteiger charge is 2.53. The molecule has 0 N–H and O–H groups in total. The lowest BCUT2D eigenvalue weighted by Gasteiger charge is -2.38. The van der Waals surface area contributed by atoms with Gasteiger partial charge in [0.05, 0.1) is 17.2 Å². The Balaban J connectivity index is 2.23. The maximum atomic E-state index is 12.7. The highest BCUT2D eigenvalue weighted by molar-refractivity contribution is 6.54. The lowest BCUT2D eigenvalue weighted by molar-refractivity contribution is 0.00578. The van der Waals surface area contributed by atoms with Crippen LogP contribution in [0.5, 0.6) is 0 Å². The number of amides is 1. The molecule has 0 aliphatic carbocycles. The summed E-state index contributed by atoms with van der Waals surface area (Å²) in [5.74, 6) is 0.334. The van der Waals surface area contributed by atoms with E-state index in [4.69, 9.17) is 14.0 Å². The molecule has 2 aliphatic rings. The molecule has 0 spiro atoms. The largest absolute Gasteiger partial charge is 0.490 e. The molecule has 5 nitrogen and oxygen atoms in total. The van der Waals surface area contributed by atoms with Crippen molar-refractivity contribution in [2.75, 3.05) is 6.54 Å². The molecule has 1 saturated heterocycles. The van der Waals surface area contributed by atoms with Crippen LogP contribution in [0, 0.1) is 5.92 Å². The molecule has 2 rings (SSSR count). The highest BCUT2D eigenvalue weighted by atomic mass is 16.7. The van der Waals surface area contributed by atoms with Gasteiger partial charge in [0.15, 0.2) is 0 Å². The number of hydrogen-bond acceptors (Lipinski definition) is 4. The standard InChI is InChI=1S/C20H36BNO4/c1-10-14(2)16-13-15(21-25-19(6,7)20(8,9)26-21)11-12-22(16)17(23)24-18(3,4)5/h13-14,16H,10-12H2,1-9H3. The van der Waals surface area contributed by atoms with Crippen molar-refractivity contribution in [1.29, 1.82) is 0 Å². The molecule has 6 heteroatoms. The van der Waals surface area contributed by atoms with E-state index in [-0.39, 0.29) is 30.5 Å². The minimum absolute atomic E-state index is 0.00220. The number of carbonyl (C=O) groups excluding carboxylic acids is 1. The molecule has 2 heterocycles. The smallest absolute Gasteiger partial charge is 0.444 e. The summed E-state index contributed by atoms with van der Waals surface area (Å²) in [6.07, 6.45) is 3.65. The fourth-order valence-electron chi connectivity index (χ4n) is 3.23. The summed E-state index contributed by atoms with van der Waals surface area (Å²) in [7, 11) is -0.340. The third-order valence-electron chi connectivity index (χ3n) is 5.80. The molecule has 0 aromatic rings. The van der Waals surface area contributed by atoms with Crippen molar-refractivity contribution in [3.8, 4) is 0 Å². The molecular formula is C20H36BNO4. The molecular weight excluding hydrogens is 329 g/mol. The summed E-state index contributed by atoms with van der Waals surface area (Å²) in [4.78, 5) is 14.5. The first-order valence-corrected chi connectivity index (χ1v) is 9.83. The van der Waals surface area contributed by atoms with E-state index in [1.165, 1.54) is 0 Å². The molecule has 1 fully saturated rings. The van der Waals surface area contributed by atoms with Gasteiger partial charge in [-0.25, -0.2) is 4.79 Å². The summed E-state index contributed by atoms with van der Waals surface area (Å²) in [6.45, 7) is 18.9. The molecule has 0 aromatic carbocycles. The van der Waals surface area contributed by atoms with E-state index in [2.05, 4.69) is 47.6 Å². The van der Waals surface area contributed by atoms with Crippen LogP contribution < -0.4 is 0 Å². The second-order valence-electron chi connectivity index (χ2n) is 9.63. The molecule has 2 atom stereocenters. The molecule has 26 heavy (non-hydrogen) atoms. The first-order chi connectivity index (χ1) is 11.8.